The molecule has 20 heavy (non-hydrogen) atoms. The molecule has 2 aromatic rings. The van der Waals surface area contributed by atoms with Crippen LogP contribution in [0.15, 0.2) is 36.5 Å². The molecule has 4 nitrogen and oxygen atoms in total. The molecule has 2 rings (SSSR count). The number of anilines is 1. The van der Waals surface area contributed by atoms with Crippen LogP contribution in [0.1, 0.15) is 23.6 Å². The lowest BCUT2D eigenvalue weighted by atomic mass is 10.0. The predicted molar refractivity (Wildman–Crippen MR) is 81.7 cm³/mol. The highest BCUT2D eigenvalue weighted by molar-refractivity contribution is 5.55. The maximum absolute atomic E-state index is 5.90. The average Bonchev–Trinajstić information content (AvgIpc) is 2.46. The number of benzene rings is 1. The van der Waals surface area contributed by atoms with Crippen molar-refractivity contribution in [3.8, 4) is 5.88 Å². The molecule has 0 bridgehead atoms. The van der Waals surface area contributed by atoms with Gasteiger partial charge in [0.2, 0.25) is 5.88 Å². The summed E-state index contributed by atoms with van der Waals surface area (Å²) in [7, 11) is 1.84. The van der Waals surface area contributed by atoms with Crippen molar-refractivity contribution in [3.63, 3.8) is 0 Å². The first-order valence-corrected chi connectivity index (χ1v) is 6.77. The van der Waals surface area contributed by atoms with Crippen molar-refractivity contribution in [1.82, 2.24) is 4.98 Å². The standard InChI is InChI=1S/C16H21N3O/c1-4-13-8-5-9-15(19(3)17)14(13)11-20-16-12(2)7-6-10-18-16/h5-10H,4,11,17H2,1-3H3. The summed E-state index contributed by atoms with van der Waals surface area (Å²) in [6.45, 7) is 4.59. The van der Waals surface area contributed by atoms with E-state index in [1.165, 1.54) is 5.56 Å². The van der Waals surface area contributed by atoms with Crippen molar-refractivity contribution < 1.29 is 4.74 Å². The van der Waals surface area contributed by atoms with Gasteiger partial charge in [0.25, 0.3) is 0 Å². The molecule has 0 saturated carbocycles. The van der Waals surface area contributed by atoms with Crippen LogP contribution in [0.25, 0.3) is 0 Å². The Hall–Kier alpha value is -2.07. The van der Waals surface area contributed by atoms with Gasteiger partial charge in [0.05, 0.1) is 5.69 Å². The van der Waals surface area contributed by atoms with E-state index in [1.807, 2.05) is 38.2 Å². The summed E-state index contributed by atoms with van der Waals surface area (Å²) in [6, 6.07) is 10.0. The first-order chi connectivity index (χ1) is 9.63. The number of nitrogens with zero attached hydrogens (tertiary/aromatic N) is 2. The van der Waals surface area contributed by atoms with Crippen LogP contribution in [0.5, 0.6) is 5.88 Å². The van der Waals surface area contributed by atoms with Crippen LogP contribution >= 0.6 is 0 Å². The van der Waals surface area contributed by atoms with Gasteiger partial charge in [-0.15, -0.1) is 0 Å². The maximum Gasteiger partial charge on any atom is 0.216 e. The minimum absolute atomic E-state index is 0.471. The zero-order valence-electron chi connectivity index (χ0n) is 12.3. The third-order valence-electron chi connectivity index (χ3n) is 3.32. The van der Waals surface area contributed by atoms with Crippen LogP contribution in [0, 0.1) is 6.92 Å². The lowest BCUT2D eigenvalue weighted by Crippen LogP contribution is -2.27. The van der Waals surface area contributed by atoms with Crippen LogP contribution in [0.2, 0.25) is 0 Å². The molecule has 0 aliphatic heterocycles. The van der Waals surface area contributed by atoms with Gasteiger partial charge >= 0.3 is 0 Å². The third kappa shape index (κ3) is 3.08. The fourth-order valence-corrected chi connectivity index (χ4v) is 2.21. The summed E-state index contributed by atoms with van der Waals surface area (Å²) in [5, 5.41) is 1.63. The monoisotopic (exact) mass is 271 g/mol. The SMILES string of the molecule is CCc1cccc(N(C)N)c1COc1ncccc1C. The molecule has 0 radical (unpaired) electrons. The summed E-state index contributed by atoms with van der Waals surface area (Å²) in [4.78, 5) is 4.26. The first kappa shape index (κ1) is 14.3. The van der Waals surface area contributed by atoms with Gasteiger partial charge in [0, 0.05) is 24.4 Å². The molecular weight excluding hydrogens is 250 g/mol. The number of pyridine rings is 1. The number of hydrogen-bond acceptors (Lipinski definition) is 4. The van der Waals surface area contributed by atoms with E-state index in [1.54, 1.807) is 11.2 Å². The van der Waals surface area contributed by atoms with Crippen LogP contribution in [0.4, 0.5) is 5.69 Å². The molecular formula is C16H21N3O. The third-order valence-corrected chi connectivity index (χ3v) is 3.32. The molecule has 1 aromatic heterocycles. The predicted octanol–water partition coefficient (Wildman–Crippen LogP) is 2.84. The molecule has 2 N–H and O–H groups in total. The van der Waals surface area contributed by atoms with Gasteiger partial charge in [-0.1, -0.05) is 25.1 Å². The Morgan fingerprint density at radius 1 is 1.25 bits per heavy atom. The fourth-order valence-electron chi connectivity index (χ4n) is 2.21. The number of hydrazine groups is 1. The quantitative estimate of drug-likeness (QED) is 0.671. The Bertz CT molecular complexity index is 582. The molecule has 0 atom stereocenters. The highest BCUT2D eigenvalue weighted by Gasteiger charge is 2.11. The maximum atomic E-state index is 5.90. The van der Waals surface area contributed by atoms with Crippen molar-refractivity contribution in [3.05, 3.63) is 53.2 Å². The topological polar surface area (TPSA) is 51.4 Å². The summed E-state index contributed by atoms with van der Waals surface area (Å²) >= 11 is 0. The Morgan fingerprint density at radius 2 is 2.05 bits per heavy atom. The van der Waals surface area contributed by atoms with E-state index < -0.39 is 0 Å². The van der Waals surface area contributed by atoms with E-state index in [-0.39, 0.29) is 0 Å². The molecule has 0 fully saturated rings. The molecule has 0 aliphatic rings. The minimum Gasteiger partial charge on any atom is -0.473 e. The minimum atomic E-state index is 0.471. The number of hydrogen-bond donors (Lipinski definition) is 1. The van der Waals surface area contributed by atoms with Crippen molar-refractivity contribution >= 4 is 5.69 Å². The lowest BCUT2D eigenvalue weighted by molar-refractivity contribution is 0.291. The van der Waals surface area contributed by atoms with E-state index in [4.69, 9.17) is 10.6 Å². The van der Waals surface area contributed by atoms with Gasteiger partial charge in [-0.05, 0) is 31.0 Å². The molecule has 0 spiro atoms. The second-order valence-electron chi connectivity index (χ2n) is 4.79. The van der Waals surface area contributed by atoms with Gasteiger partial charge in [-0.25, -0.2) is 10.8 Å². The average molecular weight is 271 g/mol. The van der Waals surface area contributed by atoms with Gasteiger partial charge in [0.15, 0.2) is 0 Å². The molecule has 0 amide bonds. The molecule has 0 saturated heterocycles. The summed E-state index contributed by atoms with van der Waals surface area (Å²) in [6.07, 6.45) is 2.69. The van der Waals surface area contributed by atoms with Crippen LogP contribution < -0.4 is 15.6 Å². The number of nitrogens with two attached hydrogens (primary N) is 1. The van der Waals surface area contributed by atoms with E-state index >= 15 is 0 Å². The summed E-state index contributed by atoms with van der Waals surface area (Å²) < 4.78 is 5.86. The van der Waals surface area contributed by atoms with Gasteiger partial charge < -0.3 is 9.75 Å². The van der Waals surface area contributed by atoms with E-state index in [2.05, 4.69) is 18.0 Å². The first-order valence-electron chi connectivity index (χ1n) is 6.77. The van der Waals surface area contributed by atoms with Crippen molar-refractivity contribution in [1.29, 1.82) is 0 Å². The highest BCUT2D eigenvalue weighted by atomic mass is 16.5. The highest BCUT2D eigenvalue weighted by Crippen LogP contribution is 2.24. The zero-order chi connectivity index (χ0) is 14.5. The van der Waals surface area contributed by atoms with Crippen molar-refractivity contribution in [2.45, 2.75) is 26.9 Å². The van der Waals surface area contributed by atoms with E-state index in [9.17, 15) is 0 Å². The van der Waals surface area contributed by atoms with E-state index in [0.29, 0.717) is 12.5 Å². The Kier molecular flexibility index (Phi) is 4.58. The smallest absolute Gasteiger partial charge is 0.216 e. The number of rotatable bonds is 5. The molecule has 106 valence electrons. The normalized spacial score (nSPS) is 10.4. The Labute approximate surface area is 120 Å². The Balaban J connectivity index is 2.26. The van der Waals surface area contributed by atoms with Crippen LogP contribution in [-0.2, 0) is 13.0 Å². The van der Waals surface area contributed by atoms with Crippen molar-refractivity contribution in [2.24, 2.45) is 5.84 Å². The molecule has 1 aromatic carbocycles. The summed E-state index contributed by atoms with van der Waals surface area (Å²) in [5.41, 5.74) is 4.38. The van der Waals surface area contributed by atoms with Gasteiger partial charge in [-0.2, -0.15) is 0 Å². The molecule has 1 heterocycles. The number of aromatic nitrogens is 1. The van der Waals surface area contributed by atoms with Crippen LogP contribution in [-0.4, -0.2) is 12.0 Å². The Morgan fingerprint density at radius 3 is 2.70 bits per heavy atom. The zero-order valence-corrected chi connectivity index (χ0v) is 12.3. The fraction of sp³-hybridized carbons (Fsp3) is 0.312. The largest absolute Gasteiger partial charge is 0.473 e. The number of aryl methyl sites for hydroxylation is 2. The van der Waals surface area contributed by atoms with Crippen molar-refractivity contribution in [2.75, 3.05) is 12.1 Å². The van der Waals surface area contributed by atoms with Gasteiger partial charge in [0.1, 0.15) is 6.61 Å². The lowest BCUT2D eigenvalue weighted by Gasteiger charge is -2.20. The van der Waals surface area contributed by atoms with Crippen LogP contribution in [0.3, 0.4) is 0 Å². The second-order valence-corrected chi connectivity index (χ2v) is 4.79. The van der Waals surface area contributed by atoms with Gasteiger partial charge in [-0.3, -0.25) is 0 Å². The molecule has 0 aliphatic carbocycles. The number of ether oxygens (including phenoxy) is 1. The molecule has 0 unspecified atom stereocenters. The second kappa shape index (κ2) is 6.39. The van der Waals surface area contributed by atoms with E-state index in [0.717, 1.165) is 23.2 Å². The molecule has 4 heteroatoms. The summed E-state index contributed by atoms with van der Waals surface area (Å²) in [5.74, 6) is 6.57.